The molecule has 1 aromatic rings. The molecular weight excluding hydrogens is 236 g/mol. The molecule has 0 aliphatic heterocycles. The fourth-order valence-electron chi connectivity index (χ4n) is 3.29. The van der Waals surface area contributed by atoms with Crippen molar-refractivity contribution in [2.24, 2.45) is 11.8 Å². The molecule has 0 radical (unpaired) electrons. The van der Waals surface area contributed by atoms with E-state index in [9.17, 15) is 0 Å². The van der Waals surface area contributed by atoms with Gasteiger partial charge in [-0.2, -0.15) is 5.10 Å². The van der Waals surface area contributed by atoms with Crippen molar-refractivity contribution in [1.29, 1.82) is 0 Å². The second-order valence-electron chi connectivity index (χ2n) is 5.73. The number of nitrogens with two attached hydrogens (primary N) is 1. The Balaban J connectivity index is 2.10. The Morgan fingerprint density at radius 3 is 2.63 bits per heavy atom. The van der Waals surface area contributed by atoms with Crippen molar-refractivity contribution in [3.63, 3.8) is 0 Å². The lowest BCUT2D eigenvalue weighted by molar-refractivity contribution is 0.278. The quantitative estimate of drug-likeness (QED) is 0.634. The van der Waals surface area contributed by atoms with E-state index in [4.69, 9.17) is 5.84 Å². The third kappa shape index (κ3) is 3.80. The Hall–Kier alpha value is -0.870. The zero-order valence-electron chi connectivity index (χ0n) is 12.1. The molecule has 1 unspecified atom stereocenters. The molecule has 0 aromatic carbocycles. The standard InChI is InChI=1S/C15H28N4/c1-2-12-19-14(10-11-17-19)15(18-16)13-8-6-4-3-5-7-9-13/h10-11,13,15,18H,2-9,12,16H2,1H3. The predicted octanol–water partition coefficient (Wildman–Crippen LogP) is 3.16. The first kappa shape index (κ1) is 14.5. The van der Waals surface area contributed by atoms with Crippen LogP contribution in [0.25, 0.3) is 0 Å². The highest BCUT2D eigenvalue weighted by Gasteiger charge is 2.25. The minimum Gasteiger partial charge on any atom is -0.271 e. The van der Waals surface area contributed by atoms with Gasteiger partial charge in [0.15, 0.2) is 0 Å². The molecule has 3 N–H and O–H groups in total. The summed E-state index contributed by atoms with van der Waals surface area (Å²) in [6, 6.07) is 2.38. The topological polar surface area (TPSA) is 55.9 Å². The zero-order valence-corrected chi connectivity index (χ0v) is 12.1. The lowest BCUT2D eigenvalue weighted by atomic mass is 9.84. The summed E-state index contributed by atoms with van der Waals surface area (Å²) in [5.74, 6) is 6.51. The zero-order chi connectivity index (χ0) is 13.5. The molecule has 4 nitrogen and oxygen atoms in total. The van der Waals surface area contributed by atoms with E-state index in [1.54, 1.807) is 0 Å². The summed E-state index contributed by atoms with van der Waals surface area (Å²) in [5.41, 5.74) is 4.32. The maximum Gasteiger partial charge on any atom is 0.0657 e. The molecule has 1 aliphatic rings. The third-order valence-electron chi connectivity index (χ3n) is 4.30. The summed E-state index contributed by atoms with van der Waals surface area (Å²) < 4.78 is 2.11. The van der Waals surface area contributed by atoms with Gasteiger partial charge in [0, 0.05) is 12.7 Å². The van der Waals surface area contributed by atoms with Crippen molar-refractivity contribution in [3.8, 4) is 0 Å². The number of rotatable bonds is 5. The number of hydrogen-bond acceptors (Lipinski definition) is 3. The van der Waals surface area contributed by atoms with Gasteiger partial charge in [0.2, 0.25) is 0 Å². The maximum absolute atomic E-state index is 5.86. The molecule has 108 valence electrons. The average Bonchev–Trinajstić information content (AvgIpc) is 2.81. The van der Waals surface area contributed by atoms with Gasteiger partial charge in [-0.1, -0.05) is 39.0 Å². The van der Waals surface area contributed by atoms with Crippen LogP contribution in [0.3, 0.4) is 0 Å². The largest absolute Gasteiger partial charge is 0.271 e. The number of aryl methyl sites for hydroxylation is 1. The van der Waals surface area contributed by atoms with Crippen LogP contribution in [0.1, 0.15) is 70.0 Å². The minimum atomic E-state index is 0.257. The van der Waals surface area contributed by atoms with Gasteiger partial charge in [-0.3, -0.25) is 16.0 Å². The molecule has 1 fully saturated rings. The molecule has 0 spiro atoms. The Bertz CT molecular complexity index is 353. The highest BCUT2D eigenvalue weighted by atomic mass is 15.3. The molecule has 19 heavy (non-hydrogen) atoms. The van der Waals surface area contributed by atoms with Crippen molar-refractivity contribution < 1.29 is 0 Å². The van der Waals surface area contributed by atoms with Gasteiger partial charge in [0.05, 0.1) is 11.7 Å². The SMILES string of the molecule is CCCn1nccc1C(NN)C1CCCCCCC1. The Morgan fingerprint density at radius 1 is 1.32 bits per heavy atom. The summed E-state index contributed by atoms with van der Waals surface area (Å²) in [7, 11) is 0. The van der Waals surface area contributed by atoms with Crippen LogP contribution >= 0.6 is 0 Å². The van der Waals surface area contributed by atoms with Gasteiger partial charge in [0.1, 0.15) is 0 Å². The lowest BCUT2D eigenvalue weighted by Crippen LogP contribution is -2.35. The highest BCUT2D eigenvalue weighted by Crippen LogP contribution is 2.32. The molecule has 0 amide bonds. The van der Waals surface area contributed by atoms with Crippen LogP contribution in [0.15, 0.2) is 12.3 Å². The fraction of sp³-hybridized carbons (Fsp3) is 0.800. The van der Waals surface area contributed by atoms with Crippen LogP contribution in [0.5, 0.6) is 0 Å². The van der Waals surface area contributed by atoms with Crippen molar-refractivity contribution in [1.82, 2.24) is 15.2 Å². The normalized spacial score (nSPS) is 19.9. The number of nitrogens with one attached hydrogen (secondary N) is 1. The second-order valence-corrected chi connectivity index (χ2v) is 5.73. The molecule has 1 atom stereocenters. The fourth-order valence-corrected chi connectivity index (χ4v) is 3.29. The van der Waals surface area contributed by atoms with Gasteiger partial charge in [-0.15, -0.1) is 0 Å². The molecular formula is C15H28N4. The molecule has 4 heteroatoms. The average molecular weight is 264 g/mol. The van der Waals surface area contributed by atoms with Crippen molar-refractivity contribution >= 4 is 0 Å². The monoisotopic (exact) mass is 264 g/mol. The molecule has 1 aliphatic carbocycles. The molecule has 1 saturated carbocycles. The minimum absolute atomic E-state index is 0.257. The Morgan fingerprint density at radius 2 is 2.00 bits per heavy atom. The van der Waals surface area contributed by atoms with Crippen LogP contribution in [-0.2, 0) is 6.54 Å². The Labute approximate surface area is 116 Å². The molecule has 1 aromatic heterocycles. The van der Waals surface area contributed by atoms with Crippen LogP contribution in [-0.4, -0.2) is 9.78 Å². The summed E-state index contributed by atoms with van der Waals surface area (Å²) in [6.45, 7) is 3.17. The first-order chi connectivity index (χ1) is 9.36. The summed E-state index contributed by atoms with van der Waals surface area (Å²) in [4.78, 5) is 0. The van der Waals surface area contributed by atoms with E-state index in [-0.39, 0.29) is 6.04 Å². The lowest BCUT2D eigenvalue weighted by Gasteiger charge is -2.28. The maximum atomic E-state index is 5.86. The van der Waals surface area contributed by atoms with Crippen molar-refractivity contribution in [2.75, 3.05) is 0 Å². The van der Waals surface area contributed by atoms with E-state index >= 15 is 0 Å². The molecule has 1 heterocycles. The van der Waals surface area contributed by atoms with Gasteiger partial charge in [-0.05, 0) is 31.2 Å². The van der Waals surface area contributed by atoms with Crippen molar-refractivity contribution in [3.05, 3.63) is 18.0 Å². The van der Waals surface area contributed by atoms with Crippen LogP contribution in [0.2, 0.25) is 0 Å². The van der Waals surface area contributed by atoms with Gasteiger partial charge in [0.25, 0.3) is 0 Å². The van der Waals surface area contributed by atoms with E-state index in [1.807, 2.05) is 6.20 Å². The van der Waals surface area contributed by atoms with E-state index in [0.29, 0.717) is 5.92 Å². The molecule has 0 bridgehead atoms. The smallest absolute Gasteiger partial charge is 0.0657 e. The Kier molecular flexibility index (Phi) is 5.86. The molecule has 0 saturated heterocycles. The van der Waals surface area contributed by atoms with Gasteiger partial charge < -0.3 is 0 Å². The van der Waals surface area contributed by atoms with Crippen molar-refractivity contribution in [2.45, 2.75) is 70.9 Å². The summed E-state index contributed by atoms with van der Waals surface area (Å²) in [6.07, 6.45) is 12.4. The van der Waals surface area contributed by atoms with Crippen LogP contribution in [0, 0.1) is 5.92 Å². The van der Waals surface area contributed by atoms with Gasteiger partial charge in [-0.25, -0.2) is 0 Å². The number of nitrogens with zero attached hydrogens (tertiary/aromatic N) is 2. The van der Waals surface area contributed by atoms with Crippen LogP contribution in [0.4, 0.5) is 0 Å². The highest BCUT2D eigenvalue weighted by molar-refractivity contribution is 5.08. The molecule has 2 rings (SSSR count). The predicted molar refractivity (Wildman–Crippen MR) is 78.4 cm³/mol. The number of aromatic nitrogens is 2. The van der Waals surface area contributed by atoms with E-state index in [1.165, 1.54) is 50.6 Å². The summed E-state index contributed by atoms with van der Waals surface area (Å²) in [5, 5.41) is 4.43. The first-order valence-corrected chi connectivity index (χ1v) is 7.84. The van der Waals surface area contributed by atoms with E-state index < -0.39 is 0 Å². The van der Waals surface area contributed by atoms with E-state index in [2.05, 4.69) is 28.2 Å². The number of hydrazine groups is 1. The first-order valence-electron chi connectivity index (χ1n) is 7.84. The third-order valence-corrected chi connectivity index (χ3v) is 4.30. The van der Waals surface area contributed by atoms with Gasteiger partial charge >= 0.3 is 0 Å². The second kappa shape index (κ2) is 7.65. The van der Waals surface area contributed by atoms with Crippen LogP contribution < -0.4 is 11.3 Å². The van der Waals surface area contributed by atoms with E-state index in [0.717, 1.165) is 13.0 Å². The number of hydrogen-bond donors (Lipinski definition) is 2. The summed E-state index contributed by atoms with van der Waals surface area (Å²) >= 11 is 0.